The van der Waals surface area contributed by atoms with Gasteiger partial charge in [-0.3, -0.25) is 9.59 Å². The summed E-state index contributed by atoms with van der Waals surface area (Å²) in [5.74, 6) is 0.934. The Morgan fingerprint density at radius 2 is 1.75 bits per heavy atom. The maximum Gasteiger partial charge on any atom is 0.291 e. The third-order valence-electron chi connectivity index (χ3n) is 5.95. The first-order valence-electron chi connectivity index (χ1n) is 10.9. The van der Waals surface area contributed by atoms with E-state index in [4.69, 9.17) is 9.15 Å². The van der Waals surface area contributed by atoms with Crippen molar-refractivity contribution >= 4 is 22.4 Å². The lowest BCUT2D eigenvalue weighted by Gasteiger charge is -2.23. The molecule has 1 fully saturated rings. The molecular formula is C26H24N2O4. The number of anilines is 1. The van der Waals surface area contributed by atoms with E-state index in [2.05, 4.69) is 5.32 Å². The number of carbonyl (C=O) groups is 1. The van der Waals surface area contributed by atoms with Gasteiger partial charge in [-0.05, 0) is 49.1 Å². The van der Waals surface area contributed by atoms with E-state index in [1.54, 1.807) is 34.9 Å². The summed E-state index contributed by atoms with van der Waals surface area (Å²) in [6.45, 7) is 2.19. The summed E-state index contributed by atoms with van der Waals surface area (Å²) < 4.78 is 12.9. The van der Waals surface area contributed by atoms with Crippen molar-refractivity contribution in [2.45, 2.75) is 19.4 Å². The molecule has 2 aromatic carbocycles. The van der Waals surface area contributed by atoms with Crippen LogP contribution in [0.2, 0.25) is 0 Å². The molecule has 0 unspecified atom stereocenters. The van der Waals surface area contributed by atoms with Gasteiger partial charge in [0.25, 0.3) is 11.5 Å². The Hall–Kier alpha value is -3.64. The van der Waals surface area contributed by atoms with Crippen LogP contribution in [0.25, 0.3) is 22.1 Å². The average Bonchev–Trinajstić information content (AvgIpc) is 3.33. The smallest absolute Gasteiger partial charge is 0.291 e. The van der Waals surface area contributed by atoms with Crippen LogP contribution in [-0.2, 0) is 11.3 Å². The molecule has 4 aromatic rings. The number of furan rings is 1. The molecule has 0 aliphatic carbocycles. The number of rotatable bonds is 5. The van der Waals surface area contributed by atoms with Crippen molar-refractivity contribution in [1.82, 2.24) is 4.57 Å². The fraction of sp³-hybridized carbons (Fsp3) is 0.231. The van der Waals surface area contributed by atoms with Crippen molar-refractivity contribution in [2.24, 2.45) is 5.92 Å². The topological polar surface area (TPSA) is 73.5 Å². The number of pyridine rings is 1. The number of ether oxygens (including phenoxy) is 1. The van der Waals surface area contributed by atoms with Crippen LogP contribution in [0.1, 0.15) is 23.4 Å². The molecule has 5 rings (SSSR count). The third-order valence-corrected chi connectivity index (χ3v) is 5.95. The van der Waals surface area contributed by atoms with Gasteiger partial charge in [0.05, 0.1) is 0 Å². The lowest BCUT2D eigenvalue weighted by Crippen LogP contribution is -2.27. The van der Waals surface area contributed by atoms with E-state index in [-0.39, 0.29) is 17.2 Å². The van der Waals surface area contributed by atoms with Gasteiger partial charge in [0, 0.05) is 48.0 Å². The zero-order valence-corrected chi connectivity index (χ0v) is 17.6. The van der Waals surface area contributed by atoms with Crippen LogP contribution >= 0.6 is 0 Å². The van der Waals surface area contributed by atoms with Gasteiger partial charge in [-0.1, -0.05) is 36.4 Å². The van der Waals surface area contributed by atoms with Crippen molar-refractivity contribution in [3.63, 3.8) is 0 Å². The molecular weight excluding hydrogens is 404 g/mol. The number of hydrogen-bond acceptors (Lipinski definition) is 4. The first-order chi connectivity index (χ1) is 15.7. The Balaban J connectivity index is 1.38. The molecule has 0 saturated carbocycles. The van der Waals surface area contributed by atoms with E-state index in [0.29, 0.717) is 34.7 Å². The van der Waals surface area contributed by atoms with Crippen LogP contribution in [-0.4, -0.2) is 23.7 Å². The van der Waals surface area contributed by atoms with E-state index in [1.165, 1.54) is 0 Å². The van der Waals surface area contributed by atoms with E-state index in [9.17, 15) is 9.59 Å². The van der Waals surface area contributed by atoms with Crippen molar-refractivity contribution in [3.8, 4) is 11.3 Å². The second-order valence-corrected chi connectivity index (χ2v) is 8.08. The molecule has 0 spiro atoms. The highest BCUT2D eigenvalue weighted by Gasteiger charge is 2.17. The molecule has 6 heteroatoms. The number of aromatic nitrogens is 1. The molecule has 1 aliphatic heterocycles. The summed E-state index contributed by atoms with van der Waals surface area (Å²) >= 11 is 0. The molecule has 3 heterocycles. The SMILES string of the molecule is O=C(Nc1cccc2c(=O)n(CC3CCOCC3)ccc12)c1ccc(-c2ccccc2)o1. The van der Waals surface area contributed by atoms with E-state index >= 15 is 0 Å². The molecule has 1 amide bonds. The van der Waals surface area contributed by atoms with E-state index in [1.807, 2.05) is 42.6 Å². The Morgan fingerprint density at radius 1 is 0.938 bits per heavy atom. The maximum atomic E-state index is 13.1. The highest BCUT2D eigenvalue weighted by atomic mass is 16.5. The van der Waals surface area contributed by atoms with Crippen LogP contribution in [0.15, 0.2) is 82.1 Å². The molecule has 0 radical (unpaired) electrons. The quantitative estimate of drug-likeness (QED) is 0.489. The number of hydrogen-bond donors (Lipinski definition) is 1. The Morgan fingerprint density at radius 3 is 2.56 bits per heavy atom. The minimum Gasteiger partial charge on any atom is -0.451 e. The van der Waals surface area contributed by atoms with Crippen LogP contribution in [0.4, 0.5) is 5.69 Å². The van der Waals surface area contributed by atoms with Gasteiger partial charge >= 0.3 is 0 Å². The summed E-state index contributed by atoms with van der Waals surface area (Å²) in [6, 6.07) is 20.3. The summed E-state index contributed by atoms with van der Waals surface area (Å²) in [5, 5.41) is 4.19. The number of nitrogens with zero attached hydrogens (tertiary/aromatic N) is 1. The average molecular weight is 428 g/mol. The van der Waals surface area contributed by atoms with Gasteiger partial charge in [-0.2, -0.15) is 0 Å². The normalized spacial score (nSPS) is 14.5. The zero-order valence-electron chi connectivity index (χ0n) is 17.6. The van der Waals surface area contributed by atoms with Crippen LogP contribution in [0, 0.1) is 5.92 Å². The predicted molar refractivity (Wildman–Crippen MR) is 124 cm³/mol. The zero-order chi connectivity index (χ0) is 21.9. The van der Waals surface area contributed by atoms with Gasteiger partial charge in [-0.25, -0.2) is 0 Å². The molecule has 1 saturated heterocycles. The molecule has 32 heavy (non-hydrogen) atoms. The molecule has 6 nitrogen and oxygen atoms in total. The summed E-state index contributed by atoms with van der Waals surface area (Å²) in [6.07, 6.45) is 3.75. The molecule has 2 aromatic heterocycles. The second kappa shape index (κ2) is 8.85. The predicted octanol–water partition coefficient (Wildman–Crippen LogP) is 4.94. The first kappa shape index (κ1) is 20.3. The number of carbonyl (C=O) groups excluding carboxylic acids is 1. The maximum absolute atomic E-state index is 13.1. The Kier molecular flexibility index (Phi) is 5.60. The molecule has 162 valence electrons. The highest BCUT2D eigenvalue weighted by Crippen LogP contribution is 2.25. The summed E-state index contributed by atoms with van der Waals surface area (Å²) in [7, 11) is 0. The van der Waals surface area contributed by atoms with E-state index < -0.39 is 0 Å². The number of amides is 1. The van der Waals surface area contributed by atoms with Crippen molar-refractivity contribution in [1.29, 1.82) is 0 Å². The van der Waals surface area contributed by atoms with E-state index in [0.717, 1.165) is 31.6 Å². The lowest BCUT2D eigenvalue weighted by molar-refractivity contribution is 0.0610. The van der Waals surface area contributed by atoms with Crippen molar-refractivity contribution < 1.29 is 13.9 Å². The van der Waals surface area contributed by atoms with Crippen molar-refractivity contribution in [3.05, 3.63) is 89.0 Å². The van der Waals surface area contributed by atoms with Crippen LogP contribution < -0.4 is 10.9 Å². The monoisotopic (exact) mass is 428 g/mol. The largest absolute Gasteiger partial charge is 0.451 e. The molecule has 1 aliphatic rings. The van der Waals surface area contributed by atoms with Crippen molar-refractivity contribution in [2.75, 3.05) is 18.5 Å². The molecule has 0 bridgehead atoms. The van der Waals surface area contributed by atoms with Gasteiger partial charge in [0.15, 0.2) is 5.76 Å². The minimum atomic E-state index is -0.355. The van der Waals surface area contributed by atoms with Gasteiger partial charge in [0.1, 0.15) is 5.76 Å². The highest BCUT2D eigenvalue weighted by molar-refractivity contribution is 6.07. The van der Waals surface area contributed by atoms with Gasteiger partial charge in [-0.15, -0.1) is 0 Å². The van der Waals surface area contributed by atoms with Crippen LogP contribution in [0.5, 0.6) is 0 Å². The number of nitrogens with one attached hydrogen (secondary N) is 1. The van der Waals surface area contributed by atoms with Gasteiger partial charge < -0.3 is 19.0 Å². The lowest BCUT2D eigenvalue weighted by atomic mass is 10.00. The number of fused-ring (bicyclic) bond motifs is 1. The summed E-state index contributed by atoms with van der Waals surface area (Å²) in [5.41, 5.74) is 1.44. The fourth-order valence-electron chi connectivity index (χ4n) is 4.18. The third kappa shape index (κ3) is 4.09. The second-order valence-electron chi connectivity index (χ2n) is 8.08. The fourth-order valence-corrected chi connectivity index (χ4v) is 4.18. The first-order valence-corrected chi connectivity index (χ1v) is 10.9. The standard InChI is InChI=1S/C26H24N2O4/c29-25(24-10-9-23(32-24)19-5-2-1-3-6-19)27-22-8-4-7-21-20(22)11-14-28(26(21)30)17-18-12-15-31-16-13-18/h1-11,14,18H,12-13,15-17H2,(H,27,29). The van der Waals surface area contributed by atoms with Gasteiger partial charge in [0.2, 0.25) is 0 Å². The molecule has 1 N–H and O–H groups in total. The number of benzene rings is 2. The Labute approximate surface area is 185 Å². The van der Waals surface area contributed by atoms with Crippen LogP contribution in [0.3, 0.4) is 0 Å². The molecule has 0 atom stereocenters. The minimum absolute atomic E-state index is 0.0468. The summed E-state index contributed by atoms with van der Waals surface area (Å²) in [4.78, 5) is 25.9. The Bertz CT molecular complexity index is 1300.